The molecule has 0 amide bonds. The molecule has 1 N–H and O–H groups in total. The summed E-state index contributed by atoms with van der Waals surface area (Å²) in [5.41, 5.74) is 0.651. The lowest BCUT2D eigenvalue weighted by atomic mass is 10.2. The van der Waals surface area contributed by atoms with Gasteiger partial charge in [0.1, 0.15) is 22.3 Å². The van der Waals surface area contributed by atoms with Crippen LogP contribution in [0.15, 0.2) is 50.8 Å². The van der Waals surface area contributed by atoms with Gasteiger partial charge in [0.05, 0.1) is 10.6 Å². The SMILES string of the molecule is C[C@H](Sc1cc(F)ccc1F)c1nc2scc(-c3cccs3)c2c(=O)[nH]1. The molecule has 4 aromatic rings. The fraction of sp³-hybridized carbons (Fsp3) is 0.111. The molecule has 8 heteroatoms. The third kappa shape index (κ3) is 3.20. The lowest BCUT2D eigenvalue weighted by Gasteiger charge is -2.11. The van der Waals surface area contributed by atoms with Gasteiger partial charge >= 0.3 is 0 Å². The number of hydrogen-bond acceptors (Lipinski definition) is 5. The van der Waals surface area contributed by atoms with E-state index in [2.05, 4.69) is 9.97 Å². The van der Waals surface area contributed by atoms with Crippen molar-refractivity contribution in [2.45, 2.75) is 17.1 Å². The zero-order chi connectivity index (χ0) is 18.3. The summed E-state index contributed by atoms with van der Waals surface area (Å²) in [6.07, 6.45) is 0. The quantitative estimate of drug-likeness (QED) is 0.433. The van der Waals surface area contributed by atoms with Gasteiger partial charge in [-0.2, -0.15) is 0 Å². The lowest BCUT2D eigenvalue weighted by Crippen LogP contribution is -2.12. The number of thiophene rings is 2. The van der Waals surface area contributed by atoms with Gasteiger partial charge in [-0.25, -0.2) is 13.8 Å². The van der Waals surface area contributed by atoms with E-state index in [1.807, 2.05) is 22.9 Å². The number of nitrogens with zero attached hydrogens (tertiary/aromatic N) is 1. The van der Waals surface area contributed by atoms with Gasteiger partial charge in [-0.1, -0.05) is 6.07 Å². The van der Waals surface area contributed by atoms with Crippen LogP contribution >= 0.6 is 34.4 Å². The summed E-state index contributed by atoms with van der Waals surface area (Å²) in [5, 5.41) is 4.11. The Kier molecular flexibility index (Phi) is 4.64. The third-order valence-electron chi connectivity index (χ3n) is 3.83. The molecule has 0 aliphatic rings. The normalized spacial score (nSPS) is 12.6. The highest BCUT2D eigenvalue weighted by Gasteiger charge is 2.18. The number of aromatic nitrogens is 2. The number of halogens is 2. The van der Waals surface area contributed by atoms with E-state index in [9.17, 15) is 13.6 Å². The van der Waals surface area contributed by atoms with Crippen molar-refractivity contribution in [2.75, 3.05) is 0 Å². The molecule has 0 spiro atoms. The second-order valence-corrected chi connectivity index (χ2v) is 8.78. The number of rotatable bonds is 4. The molecule has 0 aliphatic heterocycles. The molecule has 0 aliphatic carbocycles. The highest BCUT2D eigenvalue weighted by atomic mass is 32.2. The van der Waals surface area contributed by atoms with E-state index in [4.69, 9.17) is 0 Å². The van der Waals surface area contributed by atoms with Crippen LogP contribution in [0.2, 0.25) is 0 Å². The molecule has 0 fully saturated rings. The maximum absolute atomic E-state index is 13.9. The van der Waals surface area contributed by atoms with Crippen LogP contribution in [-0.4, -0.2) is 9.97 Å². The third-order valence-corrected chi connectivity index (χ3v) is 6.75. The number of benzene rings is 1. The van der Waals surface area contributed by atoms with Gasteiger partial charge in [-0.3, -0.25) is 4.79 Å². The van der Waals surface area contributed by atoms with Crippen molar-refractivity contribution in [3.8, 4) is 10.4 Å². The summed E-state index contributed by atoms with van der Waals surface area (Å²) in [6.45, 7) is 1.80. The molecule has 3 aromatic heterocycles. The number of thioether (sulfide) groups is 1. The van der Waals surface area contributed by atoms with Crippen LogP contribution < -0.4 is 5.56 Å². The molecule has 3 nitrogen and oxygen atoms in total. The van der Waals surface area contributed by atoms with Crippen LogP contribution in [0.5, 0.6) is 0 Å². The molecule has 3 heterocycles. The Morgan fingerprint density at radius 2 is 2.08 bits per heavy atom. The number of aromatic amines is 1. The Morgan fingerprint density at radius 3 is 2.85 bits per heavy atom. The average Bonchev–Trinajstić information content (AvgIpc) is 3.27. The molecular formula is C18H12F2N2OS3. The van der Waals surface area contributed by atoms with Crippen LogP contribution in [-0.2, 0) is 0 Å². The maximum atomic E-state index is 13.9. The topological polar surface area (TPSA) is 45.8 Å². The van der Waals surface area contributed by atoms with Crippen molar-refractivity contribution in [3.63, 3.8) is 0 Å². The zero-order valence-corrected chi connectivity index (χ0v) is 15.9. The van der Waals surface area contributed by atoms with E-state index >= 15 is 0 Å². The second-order valence-electron chi connectivity index (χ2n) is 5.59. The van der Waals surface area contributed by atoms with Crippen molar-refractivity contribution in [1.82, 2.24) is 9.97 Å². The zero-order valence-electron chi connectivity index (χ0n) is 13.5. The van der Waals surface area contributed by atoms with E-state index in [1.165, 1.54) is 11.3 Å². The molecule has 1 atom stereocenters. The monoisotopic (exact) mass is 406 g/mol. The van der Waals surface area contributed by atoms with Crippen molar-refractivity contribution < 1.29 is 8.78 Å². The maximum Gasteiger partial charge on any atom is 0.260 e. The van der Waals surface area contributed by atoms with E-state index in [0.717, 1.165) is 40.4 Å². The fourth-order valence-corrected chi connectivity index (χ4v) is 5.32. The van der Waals surface area contributed by atoms with Gasteiger partial charge in [0.2, 0.25) is 0 Å². The van der Waals surface area contributed by atoms with E-state index in [-0.39, 0.29) is 15.7 Å². The first-order valence-electron chi connectivity index (χ1n) is 7.70. The fourth-order valence-electron chi connectivity index (χ4n) is 2.59. The molecule has 0 saturated carbocycles. The average molecular weight is 407 g/mol. The Bertz CT molecular complexity index is 1140. The summed E-state index contributed by atoms with van der Waals surface area (Å²) >= 11 is 4.08. The molecule has 0 radical (unpaired) electrons. The van der Waals surface area contributed by atoms with Gasteiger partial charge < -0.3 is 4.98 Å². The van der Waals surface area contributed by atoms with E-state index < -0.39 is 11.6 Å². The van der Waals surface area contributed by atoms with Gasteiger partial charge in [0, 0.05) is 20.7 Å². The molecular weight excluding hydrogens is 394 g/mol. The predicted octanol–water partition coefficient (Wildman–Crippen LogP) is 5.84. The van der Waals surface area contributed by atoms with Gasteiger partial charge in [0.25, 0.3) is 5.56 Å². The minimum absolute atomic E-state index is 0.186. The summed E-state index contributed by atoms with van der Waals surface area (Å²) in [4.78, 5) is 21.8. The standard InChI is InChI=1S/C18H12F2N2OS3/c1-9(26-14-7-10(19)4-5-12(14)20)16-21-17(23)15-11(8-25-18(15)22-16)13-3-2-6-24-13/h2-9H,1H3,(H,21,22,23)/t9-/m0/s1. The molecule has 0 saturated heterocycles. The smallest absolute Gasteiger partial charge is 0.260 e. The molecule has 0 unspecified atom stereocenters. The first-order valence-corrected chi connectivity index (χ1v) is 10.3. The number of fused-ring (bicyclic) bond motifs is 1. The first kappa shape index (κ1) is 17.4. The van der Waals surface area contributed by atoms with E-state index in [1.54, 1.807) is 18.3 Å². The van der Waals surface area contributed by atoms with Crippen LogP contribution in [0.25, 0.3) is 20.7 Å². The highest BCUT2D eigenvalue weighted by molar-refractivity contribution is 7.99. The minimum Gasteiger partial charge on any atom is -0.309 e. The van der Waals surface area contributed by atoms with Crippen molar-refractivity contribution in [3.05, 3.63) is 68.9 Å². The Hall–Kier alpha value is -2.03. The molecule has 0 bridgehead atoms. The van der Waals surface area contributed by atoms with Crippen molar-refractivity contribution in [2.24, 2.45) is 0 Å². The van der Waals surface area contributed by atoms with Crippen LogP contribution in [0.1, 0.15) is 18.0 Å². The minimum atomic E-state index is -0.503. The summed E-state index contributed by atoms with van der Waals surface area (Å²) in [7, 11) is 0. The Morgan fingerprint density at radius 1 is 1.23 bits per heavy atom. The van der Waals surface area contributed by atoms with Crippen molar-refractivity contribution >= 4 is 44.7 Å². The van der Waals surface area contributed by atoms with Crippen molar-refractivity contribution in [1.29, 1.82) is 0 Å². The predicted molar refractivity (Wildman–Crippen MR) is 104 cm³/mol. The second kappa shape index (κ2) is 6.94. The van der Waals surface area contributed by atoms with Crippen LogP contribution in [0.3, 0.4) is 0 Å². The first-order chi connectivity index (χ1) is 12.5. The molecule has 132 valence electrons. The Labute approximate surface area is 159 Å². The van der Waals surface area contributed by atoms with Gasteiger partial charge in [0.15, 0.2) is 0 Å². The molecule has 4 rings (SSSR count). The summed E-state index contributed by atoms with van der Waals surface area (Å²) in [5.74, 6) is -0.560. The number of H-pyrrole nitrogens is 1. The molecule has 26 heavy (non-hydrogen) atoms. The Balaban J connectivity index is 1.71. The largest absolute Gasteiger partial charge is 0.309 e. The summed E-state index contributed by atoms with van der Waals surface area (Å²) < 4.78 is 27.2. The number of nitrogens with one attached hydrogen (secondary N) is 1. The van der Waals surface area contributed by atoms with E-state index in [0.29, 0.717) is 16.0 Å². The summed E-state index contributed by atoms with van der Waals surface area (Å²) in [6, 6.07) is 7.22. The van der Waals surface area contributed by atoms with Gasteiger partial charge in [-0.15, -0.1) is 34.4 Å². The van der Waals surface area contributed by atoms with Gasteiger partial charge in [-0.05, 0) is 36.6 Å². The van der Waals surface area contributed by atoms with Crippen LogP contribution in [0, 0.1) is 11.6 Å². The lowest BCUT2D eigenvalue weighted by molar-refractivity contribution is 0.576. The number of hydrogen-bond donors (Lipinski definition) is 1. The highest BCUT2D eigenvalue weighted by Crippen LogP contribution is 2.37. The van der Waals surface area contributed by atoms with Crippen LogP contribution in [0.4, 0.5) is 8.78 Å². The molecule has 1 aromatic carbocycles.